The number of aromatic nitrogens is 2. The van der Waals surface area contributed by atoms with Gasteiger partial charge in [0.05, 0.1) is 5.69 Å². The summed E-state index contributed by atoms with van der Waals surface area (Å²) in [6.45, 7) is 6.73. The first-order chi connectivity index (χ1) is 11.2. The number of nitrogens with one attached hydrogen (secondary N) is 2. The molecule has 0 aliphatic carbocycles. The van der Waals surface area contributed by atoms with Crippen LogP contribution in [0.3, 0.4) is 0 Å². The summed E-state index contributed by atoms with van der Waals surface area (Å²) >= 11 is 5.87. The van der Waals surface area contributed by atoms with E-state index >= 15 is 0 Å². The van der Waals surface area contributed by atoms with Crippen LogP contribution in [0.15, 0.2) is 6.07 Å². The summed E-state index contributed by atoms with van der Waals surface area (Å²) in [5.41, 5.74) is 5.87. The number of nitrogen functional groups attached to an aromatic ring is 1. The maximum Gasteiger partial charge on any atom is 0.410 e. The summed E-state index contributed by atoms with van der Waals surface area (Å²) in [4.78, 5) is 13.8. The molecule has 0 atom stereocenters. The molecule has 2 rings (SSSR count). The van der Waals surface area contributed by atoms with E-state index in [4.69, 9.17) is 27.5 Å². The van der Waals surface area contributed by atoms with Crippen molar-refractivity contribution in [1.82, 2.24) is 15.1 Å². The number of rotatable bonds is 3. The standard InChI is InChI=1S/C15H23ClN6O2/c1-15(2,3)24-14(23)22-6-4-9(5-7-22)19-10-8-11(16)20-21-12(10)13(17)18/h8-9H,4-7H2,1-3H3,(H3,17,18)(H,19,20). The molecule has 1 aromatic heterocycles. The minimum absolute atomic E-state index is 0.127. The first-order valence-corrected chi connectivity index (χ1v) is 8.15. The van der Waals surface area contributed by atoms with Crippen molar-refractivity contribution in [1.29, 1.82) is 5.41 Å². The number of amides is 1. The van der Waals surface area contributed by atoms with E-state index < -0.39 is 5.60 Å². The highest BCUT2D eigenvalue weighted by atomic mass is 35.5. The van der Waals surface area contributed by atoms with Crippen molar-refractivity contribution in [2.45, 2.75) is 45.3 Å². The second-order valence-corrected chi connectivity index (χ2v) is 7.12. The van der Waals surface area contributed by atoms with Crippen molar-refractivity contribution in [3.8, 4) is 0 Å². The maximum absolute atomic E-state index is 12.1. The fraction of sp³-hybridized carbons (Fsp3) is 0.600. The number of hydrogen-bond donors (Lipinski definition) is 3. The van der Waals surface area contributed by atoms with E-state index in [0.717, 1.165) is 12.8 Å². The van der Waals surface area contributed by atoms with Gasteiger partial charge in [0.25, 0.3) is 0 Å². The van der Waals surface area contributed by atoms with E-state index in [1.54, 1.807) is 11.0 Å². The quantitative estimate of drug-likeness (QED) is 0.566. The molecule has 1 saturated heterocycles. The van der Waals surface area contributed by atoms with Crippen LogP contribution in [0.5, 0.6) is 0 Å². The van der Waals surface area contributed by atoms with Crippen LogP contribution in [-0.4, -0.2) is 51.8 Å². The number of halogens is 1. The molecule has 1 amide bonds. The van der Waals surface area contributed by atoms with E-state index in [9.17, 15) is 4.79 Å². The van der Waals surface area contributed by atoms with Gasteiger partial charge in [0.1, 0.15) is 11.4 Å². The lowest BCUT2D eigenvalue weighted by molar-refractivity contribution is 0.0210. The second kappa shape index (κ2) is 7.21. The molecule has 1 fully saturated rings. The van der Waals surface area contributed by atoms with Gasteiger partial charge < -0.3 is 20.7 Å². The van der Waals surface area contributed by atoms with Crippen molar-refractivity contribution < 1.29 is 9.53 Å². The predicted octanol–water partition coefficient (Wildman–Crippen LogP) is 2.23. The van der Waals surface area contributed by atoms with Gasteiger partial charge in [-0.3, -0.25) is 5.41 Å². The highest BCUT2D eigenvalue weighted by Gasteiger charge is 2.27. The third kappa shape index (κ3) is 4.95. The molecule has 0 spiro atoms. The highest BCUT2D eigenvalue weighted by Crippen LogP contribution is 2.22. The molecule has 9 heteroatoms. The fourth-order valence-electron chi connectivity index (χ4n) is 2.43. The Morgan fingerprint density at radius 1 is 1.42 bits per heavy atom. The van der Waals surface area contributed by atoms with Crippen molar-refractivity contribution in [2.24, 2.45) is 5.73 Å². The normalized spacial score (nSPS) is 15.9. The Hall–Kier alpha value is -2.09. The summed E-state index contributed by atoms with van der Waals surface area (Å²) in [5.74, 6) is -0.173. The molecule has 132 valence electrons. The van der Waals surface area contributed by atoms with Crippen LogP contribution in [-0.2, 0) is 4.74 Å². The number of hydrogen-bond acceptors (Lipinski definition) is 6. The molecule has 1 aliphatic rings. The Morgan fingerprint density at radius 2 is 2.04 bits per heavy atom. The number of ether oxygens (including phenoxy) is 1. The molecule has 4 N–H and O–H groups in total. The van der Waals surface area contributed by atoms with Gasteiger partial charge in [0.15, 0.2) is 10.8 Å². The zero-order chi connectivity index (χ0) is 17.9. The van der Waals surface area contributed by atoms with Gasteiger partial charge >= 0.3 is 6.09 Å². The maximum atomic E-state index is 12.1. The van der Waals surface area contributed by atoms with Gasteiger partial charge in [-0.25, -0.2) is 4.79 Å². The number of nitrogens with zero attached hydrogens (tertiary/aromatic N) is 3. The van der Waals surface area contributed by atoms with Crippen LogP contribution in [0.4, 0.5) is 10.5 Å². The zero-order valence-electron chi connectivity index (χ0n) is 14.1. The Bertz CT molecular complexity index is 623. The first-order valence-electron chi connectivity index (χ1n) is 7.78. The minimum atomic E-state index is -0.498. The first kappa shape index (κ1) is 18.3. The summed E-state index contributed by atoms with van der Waals surface area (Å²) in [6, 6.07) is 1.73. The number of carbonyl (C=O) groups is 1. The molecule has 0 unspecified atom stereocenters. The average molecular weight is 355 g/mol. The molecular formula is C15H23ClN6O2. The number of likely N-dealkylation sites (tertiary alicyclic amines) is 1. The smallest absolute Gasteiger partial charge is 0.410 e. The number of piperidine rings is 1. The van der Waals surface area contributed by atoms with Crippen LogP contribution in [0, 0.1) is 5.41 Å². The molecule has 1 aliphatic heterocycles. The van der Waals surface area contributed by atoms with E-state index in [1.807, 2.05) is 20.8 Å². The lowest BCUT2D eigenvalue weighted by atomic mass is 10.0. The Labute approximate surface area is 146 Å². The zero-order valence-corrected chi connectivity index (χ0v) is 14.9. The van der Waals surface area contributed by atoms with Gasteiger partial charge in [-0.1, -0.05) is 11.6 Å². The van der Waals surface area contributed by atoms with E-state index in [-0.39, 0.29) is 28.8 Å². The molecule has 0 radical (unpaired) electrons. The van der Waals surface area contributed by atoms with Crippen molar-refractivity contribution in [3.05, 3.63) is 16.9 Å². The van der Waals surface area contributed by atoms with Gasteiger partial charge in [-0.2, -0.15) is 0 Å². The number of amidine groups is 1. The van der Waals surface area contributed by atoms with Gasteiger partial charge in [-0.15, -0.1) is 10.2 Å². The van der Waals surface area contributed by atoms with Crippen LogP contribution < -0.4 is 11.1 Å². The molecule has 0 aromatic carbocycles. The third-order valence-corrected chi connectivity index (χ3v) is 3.71. The summed E-state index contributed by atoms with van der Waals surface area (Å²) in [6.07, 6.45) is 1.20. The van der Waals surface area contributed by atoms with Crippen LogP contribution >= 0.6 is 11.6 Å². The van der Waals surface area contributed by atoms with Crippen LogP contribution in [0.25, 0.3) is 0 Å². The molecule has 0 bridgehead atoms. The molecule has 1 aromatic rings. The molecule has 0 saturated carbocycles. The number of nitrogens with two attached hydrogens (primary N) is 1. The second-order valence-electron chi connectivity index (χ2n) is 6.73. The fourth-order valence-corrected chi connectivity index (χ4v) is 2.58. The van der Waals surface area contributed by atoms with Crippen molar-refractivity contribution >= 4 is 29.2 Å². The largest absolute Gasteiger partial charge is 0.444 e. The SMILES string of the molecule is CC(C)(C)OC(=O)N1CCC(Nc2cc(Cl)nnc2C(=N)N)CC1. The van der Waals surface area contributed by atoms with Crippen molar-refractivity contribution in [3.63, 3.8) is 0 Å². The lowest BCUT2D eigenvalue weighted by Crippen LogP contribution is -2.44. The predicted molar refractivity (Wildman–Crippen MR) is 92.5 cm³/mol. The summed E-state index contributed by atoms with van der Waals surface area (Å²) < 4.78 is 5.38. The van der Waals surface area contributed by atoms with E-state index in [1.165, 1.54) is 0 Å². The molecule has 8 nitrogen and oxygen atoms in total. The van der Waals surface area contributed by atoms with Gasteiger partial charge in [-0.05, 0) is 33.6 Å². The number of carbonyl (C=O) groups excluding carboxylic acids is 1. The van der Waals surface area contributed by atoms with E-state index in [0.29, 0.717) is 18.8 Å². The van der Waals surface area contributed by atoms with Crippen LogP contribution in [0.1, 0.15) is 39.3 Å². The Morgan fingerprint density at radius 3 is 2.58 bits per heavy atom. The molecular weight excluding hydrogens is 332 g/mol. The van der Waals surface area contributed by atoms with Gasteiger partial charge in [0, 0.05) is 25.2 Å². The summed E-state index contributed by atoms with van der Waals surface area (Å²) in [7, 11) is 0. The lowest BCUT2D eigenvalue weighted by Gasteiger charge is -2.34. The molecule has 24 heavy (non-hydrogen) atoms. The van der Waals surface area contributed by atoms with Crippen molar-refractivity contribution in [2.75, 3.05) is 18.4 Å². The highest BCUT2D eigenvalue weighted by molar-refractivity contribution is 6.29. The Kier molecular flexibility index (Phi) is 5.48. The third-order valence-electron chi connectivity index (χ3n) is 3.53. The summed E-state index contributed by atoms with van der Waals surface area (Å²) in [5, 5.41) is 18.6. The average Bonchev–Trinajstić information content (AvgIpc) is 2.46. The van der Waals surface area contributed by atoms with Crippen LogP contribution in [0.2, 0.25) is 5.15 Å². The van der Waals surface area contributed by atoms with E-state index in [2.05, 4.69) is 15.5 Å². The monoisotopic (exact) mass is 354 g/mol. The minimum Gasteiger partial charge on any atom is -0.444 e. The molecule has 2 heterocycles. The van der Waals surface area contributed by atoms with Gasteiger partial charge in [0.2, 0.25) is 0 Å². The topological polar surface area (TPSA) is 117 Å². The Balaban J connectivity index is 1.95. The number of anilines is 1.